The third kappa shape index (κ3) is 2.46. The molecule has 0 radical (unpaired) electrons. The lowest BCUT2D eigenvalue weighted by Gasteiger charge is -2.30. The minimum Gasteiger partial charge on any atom is -0.355 e. The van der Waals surface area contributed by atoms with Crippen molar-refractivity contribution in [3.63, 3.8) is 0 Å². The quantitative estimate of drug-likeness (QED) is 0.626. The van der Waals surface area contributed by atoms with Crippen LogP contribution in [0.1, 0.15) is 33.1 Å². The maximum absolute atomic E-state index is 5.50. The molecule has 0 unspecified atom stereocenters. The second kappa shape index (κ2) is 4.73. The first kappa shape index (κ1) is 9.01. The Hall–Kier alpha value is -0.0800. The van der Waals surface area contributed by atoms with Crippen molar-refractivity contribution in [1.82, 2.24) is 0 Å². The van der Waals surface area contributed by atoms with E-state index in [2.05, 4.69) is 13.8 Å². The van der Waals surface area contributed by atoms with E-state index in [1.807, 2.05) is 0 Å². The van der Waals surface area contributed by atoms with Gasteiger partial charge in [-0.25, -0.2) is 0 Å². The molecule has 1 aliphatic rings. The molecule has 1 rings (SSSR count). The van der Waals surface area contributed by atoms with E-state index in [-0.39, 0.29) is 0 Å². The van der Waals surface area contributed by atoms with E-state index >= 15 is 0 Å². The second-order valence-electron chi connectivity index (χ2n) is 3.15. The molecule has 1 heterocycles. The van der Waals surface area contributed by atoms with Gasteiger partial charge in [-0.2, -0.15) is 0 Å². The predicted octanol–water partition coefficient (Wildman–Crippen LogP) is 2.19. The van der Waals surface area contributed by atoms with Crippen LogP contribution in [0.25, 0.3) is 0 Å². The van der Waals surface area contributed by atoms with Crippen molar-refractivity contribution in [3.05, 3.63) is 0 Å². The van der Waals surface area contributed by atoms with Crippen LogP contribution in [0.15, 0.2) is 0 Å². The summed E-state index contributed by atoms with van der Waals surface area (Å²) >= 11 is 0. The lowest BCUT2D eigenvalue weighted by atomic mass is 9.96. The summed E-state index contributed by atoms with van der Waals surface area (Å²) in [6, 6.07) is 0. The highest BCUT2D eigenvalue weighted by Crippen LogP contribution is 2.21. The van der Waals surface area contributed by atoms with Gasteiger partial charge in [0, 0.05) is 5.92 Å². The molecule has 0 aliphatic carbocycles. The van der Waals surface area contributed by atoms with E-state index in [1.54, 1.807) is 0 Å². The minimum atomic E-state index is 0.457. The molecule has 0 aromatic carbocycles. The fourth-order valence-electron chi connectivity index (χ4n) is 1.56. The van der Waals surface area contributed by atoms with Crippen LogP contribution in [-0.2, 0) is 9.47 Å². The van der Waals surface area contributed by atoms with Gasteiger partial charge in [-0.15, -0.1) is 0 Å². The molecule has 0 aromatic rings. The Bertz CT molecular complexity index is 102. The third-order valence-corrected chi connectivity index (χ3v) is 2.32. The molecule has 2 nitrogen and oxygen atoms in total. The van der Waals surface area contributed by atoms with Crippen molar-refractivity contribution >= 4 is 0 Å². The Kier molecular flexibility index (Phi) is 3.87. The number of hydrogen-bond donors (Lipinski definition) is 0. The largest absolute Gasteiger partial charge is 0.355 e. The molecule has 0 amide bonds. The van der Waals surface area contributed by atoms with E-state index in [4.69, 9.17) is 9.47 Å². The average molecular weight is 158 g/mol. The van der Waals surface area contributed by atoms with Gasteiger partial charge in [0.25, 0.3) is 0 Å². The first-order chi connectivity index (χ1) is 5.38. The van der Waals surface area contributed by atoms with Crippen molar-refractivity contribution in [2.45, 2.75) is 39.2 Å². The van der Waals surface area contributed by atoms with Gasteiger partial charge in [-0.05, 0) is 12.8 Å². The Balaban J connectivity index is 2.31. The van der Waals surface area contributed by atoms with Crippen LogP contribution in [0.5, 0.6) is 0 Å². The molecule has 1 fully saturated rings. The highest BCUT2D eigenvalue weighted by Gasteiger charge is 2.23. The van der Waals surface area contributed by atoms with Crippen LogP contribution in [0, 0.1) is 5.92 Å². The van der Waals surface area contributed by atoms with Crippen molar-refractivity contribution < 1.29 is 9.47 Å². The standard InChI is InChI=1S/C9H18O2/c1-3-5-9-8(4-2)6-10-7-11-9/h8-9H,3-7H2,1-2H3/t8-,9-/m0/s1. The summed E-state index contributed by atoms with van der Waals surface area (Å²) in [5.74, 6) is 0.628. The highest BCUT2D eigenvalue weighted by molar-refractivity contribution is 4.70. The molecule has 0 aromatic heterocycles. The highest BCUT2D eigenvalue weighted by atomic mass is 16.7. The summed E-state index contributed by atoms with van der Waals surface area (Å²) in [5, 5.41) is 0. The molecular weight excluding hydrogens is 140 g/mol. The van der Waals surface area contributed by atoms with Crippen molar-refractivity contribution in [3.8, 4) is 0 Å². The Labute approximate surface area is 68.9 Å². The van der Waals surface area contributed by atoms with E-state index in [1.165, 1.54) is 19.3 Å². The van der Waals surface area contributed by atoms with Crippen LogP contribution in [-0.4, -0.2) is 19.5 Å². The van der Waals surface area contributed by atoms with Gasteiger partial charge in [0.15, 0.2) is 0 Å². The molecule has 2 heteroatoms. The monoisotopic (exact) mass is 158 g/mol. The lowest BCUT2D eigenvalue weighted by molar-refractivity contribution is -0.172. The molecule has 0 spiro atoms. The average Bonchev–Trinajstić information content (AvgIpc) is 2.06. The lowest BCUT2D eigenvalue weighted by Crippen LogP contribution is -2.33. The smallest absolute Gasteiger partial charge is 0.147 e. The fourth-order valence-corrected chi connectivity index (χ4v) is 1.56. The molecule has 0 bridgehead atoms. The Morgan fingerprint density at radius 2 is 2.18 bits per heavy atom. The summed E-state index contributed by atoms with van der Waals surface area (Å²) in [6.45, 7) is 5.79. The molecule has 0 N–H and O–H groups in total. The van der Waals surface area contributed by atoms with Gasteiger partial charge < -0.3 is 9.47 Å². The van der Waals surface area contributed by atoms with Gasteiger partial charge in [-0.1, -0.05) is 20.3 Å². The molecule has 66 valence electrons. The van der Waals surface area contributed by atoms with Crippen molar-refractivity contribution in [1.29, 1.82) is 0 Å². The van der Waals surface area contributed by atoms with Crippen LogP contribution < -0.4 is 0 Å². The first-order valence-electron chi connectivity index (χ1n) is 4.57. The molecule has 11 heavy (non-hydrogen) atoms. The molecule has 1 saturated heterocycles. The summed E-state index contributed by atoms with van der Waals surface area (Å²) in [5.41, 5.74) is 0. The zero-order chi connectivity index (χ0) is 8.10. The van der Waals surface area contributed by atoms with Gasteiger partial charge in [0.2, 0.25) is 0 Å². The van der Waals surface area contributed by atoms with Crippen molar-refractivity contribution in [2.75, 3.05) is 13.4 Å². The maximum Gasteiger partial charge on any atom is 0.147 e. The van der Waals surface area contributed by atoms with Crippen LogP contribution >= 0.6 is 0 Å². The number of hydrogen-bond acceptors (Lipinski definition) is 2. The van der Waals surface area contributed by atoms with Gasteiger partial charge >= 0.3 is 0 Å². The molecule has 2 atom stereocenters. The van der Waals surface area contributed by atoms with Crippen LogP contribution in [0.4, 0.5) is 0 Å². The molecule has 0 saturated carbocycles. The van der Waals surface area contributed by atoms with E-state index in [9.17, 15) is 0 Å². The van der Waals surface area contributed by atoms with E-state index in [0.717, 1.165) is 6.61 Å². The van der Waals surface area contributed by atoms with Gasteiger partial charge in [-0.3, -0.25) is 0 Å². The first-order valence-corrected chi connectivity index (χ1v) is 4.57. The summed E-state index contributed by atoms with van der Waals surface area (Å²) < 4.78 is 10.7. The third-order valence-electron chi connectivity index (χ3n) is 2.32. The SMILES string of the molecule is CCC[C@@H]1OCOC[C@@H]1CC. The molecular formula is C9H18O2. The minimum absolute atomic E-state index is 0.457. The summed E-state index contributed by atoms with van der Waals surface area (Å²) in [7, 11) is 0. The molecule has 1 aliphatic heterocycles. The van der Waals surface area contributed by atoms with Crippen molar-refractivity contribution in [2.24, 2.45) is 5.92 Å². The topological polar surface area (TPSA) is 18.5 Å². The second-order valence-corrected chi connectivity index (χ2v) is 3.15. The number of rotatable bonds is 3. The summed E-state index contributed by atoms with van der Waals surface area (Å²) in [4.78, 5) is 0. The van der Waals surface area contributed by atoms with Gasteiger partial charge in [0.05, 0.1) is 12.7 Å². The van der Waals surface area contributed by atoms with E-state index < -0.39 is 0 Å². The fraction of sp³-hybridized carbons (Fsp3) is 1.00. The van der Waals surface area contributed by atoms with Gasteiger partial charge in [0.1, 0.15) is 6.79 Å². The van der Waals surface area contributed by atoms with Crippen LogP contribution in [0.2, 0.25) is 0 Å². The summed E-state index contributed by atoms with van der Waals surface area (Å²) in [6.07, 6.45) is 4.02. The van der Waals surface area contributed by atoms with E-state index in [0.29, 0.717) is 18.8 Å². The maximum atomic E-state index is 5.50. The predicted molar refractivity (Wildman–Crippen MR) is 44.4 cm³/mol. The zero-order valence-electron chi connectivity index (χ0n) is 7.51. The number of ether oxygens (including phenoxy) is 2. The zero-order valence-corrected chi connectivity index (χ0v) is 7.51. The normalized spacial score (nSPS) is 32.2. The Morgan fingerprint density at radius 1 is 1.36 bits per heavy atom. The Morgan fingerprint density at radius 3 is 2.82 bits per heavy atom. The van der Waals surface area contributed by atoms with Crippen LogP contribution in [0.3, 0.4) is 0 Å².